The van der Waals surface area contributed by atoms with Gasteiger partial charge in [0.25, 0.3) is 0 Å². The molecule has 3 rings (SSSR count). The van der Waals surface area contributed by atoms with Crippen LogP contribution in [-0.2, 0) is 6.42 Å². The average Bonchev–Trinajstić information content (AvgIpc) is 2.96. The molecule has 0 saturated heterocycles. The van der Waals surface area contributed by atoms with Crippen LogP contribution >= 0.6 is 0 Å². The van der Waals surface area contributed by atoms with Crippen LogP contribution in [0.4, 0.5) is 0 Å². The van der Waals surface area contributed by atoms with Crippen molar-refractivity contribution in [2.45, 2.75) is 19.8 Å². The van der Waals surface area contributed by atoms with Crippen molar-refractivity contribution in [3.63, 3.8) is 0 Å². The molecule has 0 fully saturated rings. The Morgan fingerprint density at radius 2 is 2.24 bits per heavy atom. The van der Waals surface area contributed by atoms with Crippen molar-refractivity contribution in [3.8, 4) is 5.82 Å². The summed E-state index contributed by atoms with van der Waals surface area (Å²) < 4.78 is 3.36. The molecule has 3 aromatic rings. The summed E-state index contributed by atoms with van der Waals surface area (Å²) in [6.45, 7) is 2.12. The molecule has 0 aromatic carbocycles. The van der Waals surface area contributed by atoms with Gasteiger partial charge in [0.05, 0.1) is 0 Å². The van der Waals surface area contributed by atoms with E-state index in [4.69, 9.17) is 0 Å². The molecule has 86 valence electrons. The van der Waals surface area contributed by atoms with Gasteiger partial charge >= 0.3 is 0 Å². The van der Waals surface area contributed by atoms with Crippen molar-refractivity contribution in [2.24, 2.45) is 0 Å². The summed E-state index contributed by atoms with van der Waals surface area (Å²) in [7, 11) is 0. The maximum atomic E-state index is 4.32. The molecule has 7 nitrogen and oxygen atoms in total. The Morgan fingerprint density at radius 3 is 3.12 bits per heavy atom. The summed E-state index contributed by atoms with van der Waals surface area (Å²) in [5.41, 5.74) is 0.630. The van der Waals surface area contributed by atoms with Gasteiger partial charge in [0.15, 0.2) is 11.5 Å². The molecule has 0 saturated carbocycles. The summed E-state index contributed by atoms with van der Waals surface area (Å²) in [6, 6.07) is 3.71. The molecule has 7 heteroatoms. The number of rotatable bonds is 3. The van der Waals surface area contributed by atoms with E-state index in [2.05, 4.69) is 32.5 Å². The predicted octanol–water partition coefficient (Wildman–Crippen LogP) is 0.657. The standard InChI is InChI=1S/C10H11N7/c1-2-3-8-11-6-7-16(8)10-5-4-9-12-14-15-17(9)13-10/h4-7H,2-3H2,1H3. The van der Waals surface area contributed by atoms with E-state index in [-0.39, 0.29) is 0 Å². The Balaban J connectivity index is 2.09. The van der Waals surface area contributed by atoms with E-state index >= 15 is 0 Å². The van der Waals surface area contributed by atoms with Crippen LogP contribution in [0.15, 0.2) is 24.5 Å². The van der Waals surface area contributed by atoms with Crippen LogP contribution in [0, 0.1) is 0 Å². The second-order valence-electron chi connectivity index (χ2n) is 3.68. The molecule has 0 aliphatic carbocycles. The predicted molar refractivity (Wildman–Crippen MR) is 59.7 cm³/mol. The highest BCUT2D eigenvalue weighted by Gasteiger charge is 2.07. The van der Waals surface area contributed by atoms with Crippen LogP contribution in [0.2, 0.25) is 0 Å². The fourth-order valence-corrected chi connectivity index (χ4v) is 1.72. The molecule has 0 unspecified atom stereocenters. The van der Waals surface area contributed by atoms with Gasteiger partial charge in [0.2, 0.25) is 0 Å². The highest BCUT2D eigenvalue weighted by molar-refractivity contribution is 5.37. The quantitative estimate of drug-likeness (QED) is 0.659. The second-order valence-corrected chi connectivity index (χ2v) is 3.68. The lowest BCUT2D eigenvalue weighted by molar-refractivity contribution is 0.706. The summed E-state index contributed by atoms with van der Waals surface area (Å²) in [4.78, 5) is 4.31. The Kier molecular flexibility index (Phi) is 2.28. The largest absolute Gasteiger partial charge is 0.286 e. The van der Waals surface area contributed by atoms with Gasteiger partial charge in [-0.15, -0.1) is 14.8 Å². The lowest BCUT2D eigenvalue weighted by atomic mass is 10.3. The molecule has 0 spiro atoms. The van der Waals surface area contributed by atoms with Crippen molar-refractivity contribution in [2.75, 3.05) is 0 Å². The minimum atomic E-state index is 0.630. The van der Waals surface area contributed by atoms with E-state index in [0.29, 0.717) is 5.65 Å². The molecule has 0 radical (unpaired) electrons. The smallest absolute Gasteiger partial charge is 0.200 e. The van der Waals surface area contributed by atoms with E-state index < -0.39 is 0 Å². The minimum absolute atomic E-state index is 0.630. The van der Waals surface area contributed by atoms with Gasteiger partial charge < -0.3 is 0 Å². The molecule has 0 atom stereocenters. The molecular weight excluding hydrogens is 218 g/mol. The fraction of sp³-hybridized carbons (Fsp3) is 0.300. The van der Waals surface area contributed by atoms with Crippen LogP contribution in [0.1, 0.15) is 19.2 Å². The third-order valence-electron chi connectivity index (χ3n) is 2.49. The van der Waals surface area contributed by atoms with E-state index in [0.717, 1.165) is 24.5 Å². The van der Waals surface area contributed by atoms with E-state index in [1.165, 1.54) is 4.63 Å². The van der Waals surface area contributed by atoms with Gasteiger partial charge in [-0.2, -0.15) is 0 Å². The SMILES string of the molecule is CCCc1nccn1-c1ccc2nnnn2n1. The zero-order valence-corrected chi connectivity index (χ0v) is 9.35. The average molecular weight is 229 g/mol. The zero-order valence-electron chi connectivity index (χ0n) is 9.35. The van der Waals surface area contributed by atoms with Crippen LogP contribution in [0.25, 0.3) is 11.5 Å². The first kappa shape index (κ1) is 9.88. The molecule has 17 heavy (non-hydrogen) atoms. The van der Waals surface area contributed by atoms with Crippen LogP contribution in [0.5, 0.6) is 0 Å². The Morgan fingerprint density at radius 1 is 1.29 bits per heavy atom. The maximum Gasteiger partial charge on any atom is 0.200 e. The van der Waals surface area contributed by atoms with Crippen LogP contribution in [-0.4, -0.2) is 34.8 Å². The Labute approximate surface area is 97.1 Å². The number of aryl methyl sites for hydroxylation is 1. The molecule has 3 aromatic heterocycles. The van der Waals surface area contributed by atoms with Gasteiger partial charge in [0, 0.05) is 18.8 Å². The zero-order chi connectivity index (χ0) is 11.7. The molecule has 0 aliphatic rings. The van der Waals surface area contributed by atoms with Gasteiger partial charge in [-0.25, -0.2) is 4.98 Å². The van der Waals surface area contributed by atoms with E-state index in [9.17, 15) is 0 Å². The lowest BCUT2D eigenvalue weighted by Gasteiger charge is -2.05. The number of aromatic nitrogens is 7. The lowest BCUT2D eigenvalue weighted by Crippen LogP contribution is -2.06. The van der Waals surface area contributed by atoms with Crippen molar-refractivity contribution in [3.05, 3.63) is 30.4 Å². The van der Waals surface area contributed by atoms with Gasteiger partial charge in [0.1, 0.15) is 5.82 Å². The summed E-state index contributed by atoms with van der Waals surface area (Å²) in [5.74, 6) is 1.76. The first-order chi connectivity index (χ1) is 8.38. The number of imidazole rings is 1. The second kappa shape index (κ2) is 3.93. The van der Waals surface area contributed by atoms with Crippen molar-refractivity contribution >= 4 is 5.65 Å². The molecule has 0 N–H and O–H groups in total. The van der Waals surface area contributed by atoms with Crippen LogP contribution in [0.3, 0.4) is 0 Å². The van der Waals surface area contributed by atoms with Crippen LogP contribution < -0.4 is 0 Å². The number of hydrogen-bond acceptors (Lipinski definition) is 5. The normalized spacial score (nSPS) is 11.1. The van der Waals surface area contributed by atoms with Gasteiger partial charge in [-0.05, 0) is 29.0 Å². The first-order valence-corrected chi connectivity index (χ1v) is 5.46. The van der Waals surface area contributed by atoms with Gasteiger partial charge in [-0.3, -0.25) is 4.57 Å². The number of fused-ring (bicyclic) bond motifs is 1. The molecule has 0 aliphatic heterocycles. The Bertz CT molecular complexity index is 639. The van der Waals surface area contributed by atoms with E-state index in [1.807, 2.05) is 22.9 Å². The number of hydrogen-bond donors (Lipinski definition) is 0. The summed E-state index contributed by atoms with van der Waals surface area (Å²) >= 11 is 0. The van der Waals surface area contributed by atoms with Crippen molar-refractivity contribution in [1.82, 2.24) is 34.8 Å². The highest BCUT2D eigenvalue weighted by Crippen LogP contribution is 2.09. The van der Waals surface area contributed by atoms with E-state index in [1.54, 1.807) is 6.20 Å². The number of nitrogens with zero attached hydrogens (tertiary/aromatic N) is 7. The fourth-order valence-electron chi connectivity index (χ4n) is 1.72. The summed E-state index contributed by atoms with van der Waals surface area (Å²) in [6.07, 6.45) is 5.63. The van der Waals surface area contributed by atoms with Crippen molar-refractivity contribution in [1.29, 1.82) is 0 Å². The van der Waals surface area contributed by atoms with Crippen molar-refractivity contribution < 1.29 is 0 Å². The highest BCUT2D eigenvalue weighted by atomic mass is 15.6. The number of tetrazole rings is 1. The third kappa shape index (κ3) is 1.65. The first-order valence-electron chi connectivity index (χ1n) is 5.46. The summed E-state index contributed by atoms with van der Waals surface area (Å²) in [5, 5.41) is 15.5. The third-order valence-corrected chi connectivity index (χ3v) is 2.49. The van der Waals surface area contributed by atoms with Gasteiger partial charge in [-0.1, -0.05) is 6.92 Å². The molecule has 3 heterocycles. The monoisotopic (exact) mass is 229 g/mol. The molecule has 0 amide bonds. The molecule has 0 bridgehead atoms. The Hall–Kier alpha value is -2.31. The topological polar surface area (TPSA) is 73.8 Å². The molecular formula is C10H11N7. The maximum absolute atomic E-state index is 4.32. The minimum Gasteiger partial charge on any atom is -0.286 e.